The first-order valence-electron chi connectivity index (χ1n) is 15.6. The molecule has 0 bridgehead atoms. The lowest BCUT2D eigenvalue weighted by Gasteiger charge is -2.27. The second-order valence-corrected chi connectivity index (χ2v) is 13.1. The van der Waals surface area contributed by atoms with Gasteiger partial charge in [-0.3, -0.25) is 24.3 Å². The van der Waals surface area contributed by atoms with Gasteiger partial charge in [0, 0.05) is 49.5 Å². The van der Waals surface area contributed by atoms with Crippen LogP contribution < -0.4 is 15.4 Å². The Bertz CT molecular complexity index is 2030. The Morgan fingerprint density at radius 2 is 1.65 bits per heavy atom. The van der Waals surface area contributed by atoms with Crippen molar-refractivity contribution >= 4 is 50.6 Å². The van der Waals surface area contributed by atoms with Crippen LogP contribution in [0.5, 0.6) is 11.5 Å². The Labute approximate surface area is 285 Å². The van der Waals surface area contributed by atoms with Crippen LogP contribution in [0.25, 0.3) is 20.7 Å². The van der Waals surface area contributed by atoms with Gasteiger partial charge < -0.3 is 20.1 Å². The third-order valence-electron chi connectivity index (χ3n) is 8.62. The number of anilines is 2. The molecule has 5 aromatic rings. The summed E-state index contributed by atoms with van der Waals surface area (Å²) in [7, 11) is 1.61. The quantitative estimate of drug-likeness (QED) is 0.138. The summed E-state index contributed by atoms with van der Waals surface area (Å²) in [4.78, 5) is 46.4. The van der Waals surface area contributed by atoms with Crippen LogP contribution in [0.15, 0.2) is 85.1 Å². The summed E-state index contributed by atoms with van der Waals surface area (Å²) in [5, 5.41) is 0. The van der Waals surface area contributed by atoms with E-state index >= 15 is 4.39 Å². The molecule has 12 heteroatoms. The molecule has 9 nitrogen and oxygen atoms in total. The van der Waals surface area contributed by atoms with E-state index in [-0.39, 0.29) is 41.9 Å². The third-order valence-corrected chi connectivity index (χ3v) is 9.81. The van der Waals surface area contributed by atoms with Crippen molar-refractivity contribution in [2.45, 2.75) is 39.3 Å². The summed E-state index contributed by atoms with van der Waals surface area (Å²) in [5.41, 5.74) is 7.17. The van der Waals surface area contributed by atoms with Crippen LogP contribution in [-0.2, 0) is 25.7 Å². The third kappa shape index (κ3) is 6.87. The maximum Gasteiger partial charge on any atom is 0.247 e. The molecule has 2 N–H and O–H groups in total. The van der Waals surface area contributed by atoms with E-state index in [1.165, 1.54) is 52.6 Å². The minimum Gasteiger partial charge on any atom is -0.453 e. The molecule has 2 heterocycles. The van der Waals surface area contributed by atoms with Gasteiger partial charge in [0.15, 0.2) is 11.6 Å². The molecular formula is C37H34F2N4O5S. The first kappa shape index (κ1) is 33.7. The average molecular weight is 685 g/mol. The number of thiophene rings is 1. The van der Waals surface area contributed by atoms with E-state index in [1.54, 1.807) is 31.2 Å². The number of methoxy groups -OCH3 is 1. The van der Waals surface area contributed by atoms with Crippen LogP contribution in [-0.4, -0.2) is 47.4 Å². The van der Waals surface area contributed by atoms with Crippen molar-refractivity contribution in [3.05, 3.63) is 102 Å². The molecule has 49 heavy (non-hydrogen) atoms. The standard InChI is InChI=1S/C37H34F2N4O5S/c1-22(21-47-3)42(23(2)44)20-24-4-6-25(7-5-24)33-19-30-34(49-33)32(14-17-41-30)48-31-13-12-28(18-29(31)39)43(27-10-8-26(38)9-11-27)36(46)37(15-16-37)35(40)45/h4-14,17-19,22H,15-16,20-21H2,1-3H3,(H2,40,45). The zero-order chi connectivity index (χ0) is 34.9. The van der Waals surface area contributed by atoms with Crippen molar-refractivity contribution in [3.63, 3.8) is 0 Å². The van der Waals surface area contributed by atoms with E-state index in [0.717, 1.165) is 22.1 Å². The number of benzene rings is 3. The molecule has 6 rings (SSSR count). The largest absolute Gasteiger partial charge is 0.453 e. The molecule has 3 aromatic carbocycles. The lowest BCUT2D eigenvalue weighted by molar-refractivity contribution is -0.134. The number of nitrogens with zero attached hydrogens (tertiary/aromatic N) is 3. The number of carbonyl (C=O) groups excluding carboxylic acids is 3. The predicted molar refractivity (Wildman–Crippen MR) is 183 cm³/mol. The molecule has 1 atom stereocenters. The smallest absolute Gasteiger partial charge is 0.247 e. The van der Waals surface area contributed by atoms with Crippen LogP contribution in [0.3, 0.4) is 0 Å². The van der Waals surface area contributed by atoms with Crippen LogP contribution in [0.4, 0.5) is 20.2 Å². The SMILES string of the molecule is COCC(C)N(Cc1ccc(-c2cc3nccc(Oc4ccc(N(C(=O)C5(C(N)=O)CC5)c5ccc(F)cc5)cc4F)c3s2)cc1)C(C)=O. The molecule has 1 saturated carbocycles. The van der Waals surface area contributed by atoms with Gasteiger partial charge in [0.1, 0.15) is 17.0 Å². The molecule has 1 fully saturated rings. The minimum atomic E-state index is -1.39. The number of fused-ring (bicyclic) bond motifs is 1. The highest BCUT2D eigenvalue weighted by Crippen LogP contribution is 2.49. The molecule has 0 saturated heterocycles. The molecular weight excluding hydrogens is 650 g/mol. The van der Waals surface area contributed by atoms with Gasteiger partial charge in [-0.2, -0.15) is 0 Å². The van der Waals surface area contributed by atoms with Gasteiger partial charge in [0.2, 0.25) is 17.7 Å². The van der Waals surface area contributed by atoms with Gasteiger partial charge in [-0.1, -0.05) is 24.3 Å². The van der Waals surface area contributed by atoms with E-state index in [2.05, 4.69) is 4.98 Å². The fraction of sp³-hybridized carbons (Fsp3) is 0.243. The number of ether oxygens (including phenoxy) is 2. The van der Waals surface area contributed by atoms with Gasteiger partial charge in [-0.15, -0.1) is 11.3 Å². The molecule has 1 unspecified atom stereocenters. The summed E-state index contributed by atoms with van der Waals surface area (Å²) in [6.45, 7) is 4.39. The summed E-state index contributed by atoms with van der Waals surface area (Å²) in [6.07, 6.45) is 2.13. The van der Waals surface area contributed by atoms with E-state index < -0.39 is 28.9 Å². The fourth-order valence-electron chi connectivity index (χ4n) is 5.73. The summed E-state index contributed by atoms with van der Waals surface area (Å²) in [6, 6.07) is 20.6. The van der Waals surface area contributed by atoms with Crippen molar-refractivity contribution in [2.75, 3.05) is 18.6 Å². The number of hydrogen-bond donors (Lipinski definition) is 1. The number of halogens is 2. The first-order valence-corrected chi connectivity index (χ1v) is 16.4. The van der Waals surface area contributed by atoms with Crippen molar-refractivity contribution < 1.29 is 32.6 Å². The van der Waals surface area contributed by atoms with Gasteiger partial charge >= 0.3 is 0 Å². The number of nitrogens with two attached hydrogens (primary N) is 1. The number of rotatable bonds is 12. The predicted octanol–water partition coefficient (Wildman–Crippen LogP) is 7.35. The van der Waals surface area contributed by atoms with Gasteiger partial charge in [-0.25, -0.2) is 8.78 Å². The normalized spacial score (nSPS) is 13.9. The van der Waals surface area contributed by atoms with E-state index in [1.807, 2.05) is 37.3 Å². The fourth-order valence-corrected chi connectivity index (χ4v) is 6.80. The van der Waals surface area contributed by atoms with Crippen LogP contribution >= 0.6 is 11.3 Å². The summed E-state index contributed by atoms with van der Waals surface area (Å²) in [5.74, 6) is -2.35. The zero-order valence-corrected chi connectivity index (χ0v) is 27.9. The number of primary amides is 1. The second-order valence-electron chi connectivity index (χ2n) is 12.1. The topological polar surface area (TPSA) is 115 Å². The maximum atomic E-state index is 15.7. The van der Waals surface area contributed by atoms with Crippen molar-refractivity contribution in [1.82, 2.24) is 9.88 Å². The zero-order valence-electron chi connectivity index (χ0n) is 27.1. The summed E-state index contributed by atoms with van der Waals surface area (Å²) >= 11 is 1.44. The molecule has 252 valence electrons. The lowest BCUT2D eigenvalue weighted by Crippen LogP contribution is -2.41. The highest BCUT2D eigenvalue weighted by atomic mass is 32.1. The Morgan fingerprint density at radius 1 is 0.959 bits per heavy atom. The maximum absolute atomic E-state index is 15.7. The molecule has 1 aliphatic carbocycles. The number of amides is 3. The highest BCUT2D eigenvalue weighted by Gasteiger charge is 2.57. The number of aromatic nitrogens is 1. The summed E-state index contributed by atoms with van der Waals surface area (Å²) < 4.78 is 41.4. The van der Waals surface area contributed by atoms with E-state index in [9.17, 15) is 18.8 Å². The van der Waals surface area contributed by atoms with E-state index in [0.29, 0.717) is 29.1 Å². The van der Waals surface area contributed by atoms with Gasteiger partial charge in [0.25, 0.3) is 0 Å². The molecule has 2 aromatic heterocycles. The van der Waals surface area contributed by atoms with Crippen molar-refractivity contribution in [3.8, 4) is 21.9 Å². The Balaban J connectivity index is 1.25. The Hall–Kier alpha value is -5.20. The molecule has 1 aliphatic rings. The second kappa shape index (κ2) is 13.7. The Kier molecular flexibility index (Phi) is 9.44. The molecule has 0 radical (unpaired) electrons. The van der Waals surface area contributed by atoms with Crippen molar-refractivity contribution in [1.29, 1.82) is 0 Å². The highest BCUT2D eigenvalue weighted by molar-refractivity contribution is 7.22. The van der Waals surface area contributed by atoms with Crippen LogP contribution in [0.1, 0.15) is 32.3 Å². The van der Waals surface area contributed by atoms with Crippen LogP contribution in [0, 0.1) is 17.0 Å². The number of carbonyl (C=O) groups is 3. The van der Waals surface area contributed by atoms with Gasteiger partial charge in [-0.05, 0) is 73.4 Å². The number of hydrogen-bond acceptors (Lipinski definition) is 7. The first-order chi connectivity index (χ1) is 23.5. The molecule has 3 amide bonds. The van der Waals surface area contributed by atoms with Gasteiger partial charge in [0.05, 0.1) is 28.6 Å². The molecule has 0 aliphatic heterocycles. The monoisotopic (exact) mass is 684 g/mol. The average Bonchev–Trinajstić information content (AvgIpc) is 3.79. The van der Waals surface area contributed by atoms with Crippen molar-refractivity contribution in [2.24, 2.45) is 11.1 Å². The Morgan fingerprint density at radius 3 is 2.27 bits per heavy atom. The lowest BCUT2D eigenvalue weighted by atomic mass is 10.0. The molecule has 0 spiro atoms. The number of pyridine rings is 1. The van der Waals surface area contributed by atoms with Crippen LogP contribution in [0.2, 0.25) is 0 Å². The minimum absolute atomic E-state index is 0.0313. The van der Waals surface area contributed by atoms with E-state index in [4.69, 9.17) is 15.2 Å².